The molecule has 0 aliphatic carbocycles. The number of hydrogen-bond acceptors (Lipinski definition) is 5. The summed E-state index contributed by atoms with van der Waals surface area (Å²) in [5.41, 5.74) is 7.21. The summed E-state index contributed by atoms with van der Waals surface area (Å²) in [6.07, 6.45) is 1.22. The molecule has 1 fully saturated rings. The standard InChI is InChI=1S/C15H23BrN2O2S/c1-18(10-4-5-21-9-10)13(8-17)11-6-14(19-2)15(20-3)7-12(11)16/h6-7,10,13H,4-5,8-9,17H2,1-3H3. The topological polar surface area (TPSA) is 47.7 Å². The van der Waals surface area contributed by atoms with Gasteiger partial charge in [0.15, 0.2) is 11.5 Å². The lowest BCUT2D eigenvalue weighted by Gasteiger charge is -2.33. The Morgan fingerprint density at radius 3 is 2.57 bits per heavy atom. The van der Waals surface area contributed by atoms with Crippen LogP contribution in [0.5, 0.6) is 11.5 Å². The number of benzene rings is 1. The smallest absolute Gasteiger partial charge is 0.161 e. The van der Waals surface area contributed by atoms with Crippen molar-refractivity contribution >= 4 is 27.7 Å². The van der Waals surface area contributed by atoms with E-state index >= 15 is 0 Å². The molecule has 0 aromatic heterocycles. The van der Waals surface area contributed by atoms with E-state index in [1.807, 2.05) is 23.9 Å². The summed E-state index contributed by atoms with van der Waals surface area (Å²) in [6, 6.07) is 4.74. The summed E-state index contributed by atoms with van der Waals surface area (Å²) < 4.78 is 11.8. The maximum absolute atomic E-state index is 6.06. The number of ether oxygens (including phenoxy) is 2. The van der Waals surface area contributed by atoms with Crippen molar-refractivity contribution in [2.75, 3.05) is 39.3 Å². The van der Waals surface area contributed by atoms with Gasteiger partial charge >= 0.3 is 0 Å². The van der Waals surface area contributed by atoms with Crippen molar-refractivity contribution in [1.29, 1.82) is 0 Å². The molecule has 0 saturated carbocycles. The first kappa shape index (κ1) is 16.9. The van der Waals surface area contributed by atoms with Crippen molar-refractivity contribution in [3.63, 3.8) is 0 Å². The van der Waals surface area contributed by atoms with Gasteiger partial charge in [-0.1, -0.05) is 15.9 Å². The third kappa shape index (κ3) is 3.67. The Balaban J connectivity index is 2.32. The van der Waals surface area contributed by atoms with Gasteiger partial charge in [-0.15, -0.1) is 0 Å². The van der Waals surface area contributed by atoms with Crippen LogP contribution < -0.4 is 15.2 Å². The van der Waals surface area contributed by atoms with E-state index in [0.717, 1.165) is 21.5 Å². The van der Waals surface area contributed by atoms with Gasteiger partial charge in [0.05, 0.1) is 14.2 Å². The van der Waals surface area contributed by atoms with E-state index in [1.54, 1.807) is 14.2 Å². The molecule has 0 amide bonds. The molecule has 1 saturated heterocycles. The Morgan fingerprint density at radius 1 is 1.38 bits per heavy atom. The van der Waals surface area contributed by atoms with Gasteiger partial charge in [-0.25, -0.2) is 0 Å². The second-order valence-electron chi connectivity index (χ2n) is 5.16. The van der Waals surface area contributed by atoms with E-state index in [4.69, 9.17) is 15.2 Å². The molecule has 4 nitrogen and oxygen atoms in total. The molecule has 0 bridgehead atoms. The summed E-state index contributed by atoms with van der Waals surface area (Å²) in [7, 11) is 5.47. The zero-order valence-electron chi connectivity index (χ0n) is 12.8. The summed E-state index contributed by atoms with van der Waals surface area (Å²) in [5.74, 6) is 3.88. The molecule has 1 aromatic carbocycles. The molecule has 6 heteroatoms. The number of rotatable bonds is 6. The van der Waals surface area contributed by atoms with E-state index in [9.17, 15) is 0 Å². The van der Waals surface area contributed by atoms with Crippen molar-refractivity contribution in [3.8, 4) is 11.5 Å². The van der Waals surface area contributed by atoms with Gasteiger partial charge in [-0.05, 0) is 36.9 Å². The summed E-state index contributed by atoms with van der Waals surface area (Å²) in [6.45, 7) is 0.575. The molecular weight excluding hydrogens is 352 g/mol. The molecule has 0 spiro atoms. The molecule has 2 unspecified atom stereocenters. The van der Waals surface area contributed by atoms with E-state index in [2.05, 4.69) is 27.9 Å². The highest BCUT2D eigenvalue weighted by molar-refractivity contribution is 9.10. The monoisotopic (exact) mass is 374 g/mol. The second kappa shape index (κ2) is 7.72. The molecule has 21 heavy (non-hydrogen) atoms. The quantitative estimate of drug-likeness (QED) is 0.829. The molecule has 1 aliphatic heterocycles. The Hall–Kier alpha value is -0.430. The van der Waals surface area contributed by atoms with E-state index < -0.39 is 0 Å². The van der Waals surface area contributed by atoms with Crippen molar-refractivity contribution < 1.29 is 9.47 Å². The lowest BCUT2D eigenvalue weighted by Crippen LogP contribution is -2.38. The van der Waals surface area contributed by atoms with Crippen LogP contribution >= 0.6 is 27.7 Å². The fourth-order valence-electron chi connectivity index (χ4n) is 2.74. The van der Waals surface area contributed by atoms with Gasteiger partial charge in [0.25, 0.3) is 0 Å². The minimum Gasteiger partial charge on any atom is -0.493 e. The first-order valence-electron chi connectivity index (χ1n) is 7.03. The van der Waals surface area contributed by atoms with Crippen LogP contribution in [0.25, 0.3) is 0 Å². The van der Waals surface area contributed by atoms with E-state index in [0.29, 0.717) is 12.6 Å². The van der Waals surface area contributed by atoms with Crippen molar-refractivity contribution in [2.45, 2.75) is 18.5 Å². The fourth-order valence-corrected chi connectivity index (χ4v) is 4.60. The molecule has 2 rings (SSSR count). The predicted octanol–water partition coefficient (Wildman–Crippen LogP) is 2.90. The number of nitrogens with two attached hydrogens (primary N) is 1. The number of thioether (sulfide) groups is 1. The summed E-state index contributed by atoms with van der Waals surface area (Å²) in [5, 5.41) is 0. The third-order valence-corrected chi connectivity index (χ3v) is 5.89. The Labute approximate surface area is 139 Å². The van der Waals surface area contributed by atoms with Crippen LogP contribution in [-0.4, -0.2) is 50.3 Å². The van der Waals surface area contributed by atoms with Crippen LogP contribution in [0.3, 0.4) is 0 Å². The zero-order valence-corrected chi connectivity index (χ0v) is 15.2. The third-order valence-electron chi connectivity index (χ3n) is 4.06. The normalized spacial score (nSPS) is 19.8. The van der Waals surface area contributed by atoms with Gasteiger partial charge in [-0.3, -0.25) is 4.90 Å². The van der Waals surface area contributed by atoms with Crippen LogP contribution in [0, 0.1) is 0 Å². The maximum Gasteiger partial charge on any atom is 0.161 e. The molecule has 1 aliphatic rings. The molecule has 1 aromatic rings. The molecule has 2 N–H and O–H groups in total. The van der Waals surface area contributed by atoms with Crippen LogP contribution in [-0.2, 0) is 0 Å². The minimum absolute atomic E-state index is 0.169. The Kier molecular flexibility index (Phi) is 6.22. The van der Waals surface area contributed by atoms with Crippen LogP contribution in [0.1, 0.15) is 18.0 Å². The van der Waals surface area contributed by atoms with Crippen molar-refractivity contribution in [1.82, 2.24) is 4.90 Å². The van der Waals surface area contributed by atoms with E-state index in [-0.39, 0.29) is 6.04 Å². The largest absolute Gasteiger partial charge is 0.493 e. The van der Waals surface area contributed by atoms with Gasteiger partial charge in [0, 0.05) is 28.9 Å². The van der Waals surface area contributed by atoms with Crippen LogP contribution in [0.4, 0.5) is 0 Å². The average Bonchev–Trinajstić information content (AvgIpc) is 3.03. The van der Waals surface area contributed by atoms with E-state index in [1.165, 1.54) is 17.9 Å². The summed E-state index contributed by atoms with van der Waals surface area (Å²) >= 11 is 5.66. The summed E-state index contributed by atoms with van der Waals surface area (Å²) in [4.78, 5) is 2.39. The predicted molar refractivity (Wildman–Crippen MR) is 92.5 cm³/mol. The molecule has 2 atom stereocenters. The highest BCUT2D eigenvalue weighted by atomic mass is 79.9. The first-order chi connectivity index (χ1) is 10.1. The van der Waals surface area contributed by atoms with Crippen molar-refractivity contribution in [3.05, 3.63) is 22.2 Å². The van der Waals surface area contributed by atoms with Crippen molar-refractivity contribution in [2.24, 2.45) is 5.73 Å². The number of likely N-dealkylation sites (N-methyl/N-ethyl adjacent to an activating group) is 1. The lowest BCUT2D eigenvalue weighted by molar-refractivity contribution is 0.192. The molecule has 118 valence electrons. The second-order valence-corrected chi connectivity index (χ2v) is 7.17. The number of methoxy groups -OCH3 is 2. The Morgan fingerprint density at radius 2 is 2.05 bits per heavy atom. The number of hydrogen-bond donors (Lipinski definition) is 1. The van der Waals surface area contributed by atoms with Gasteiger partial charge in [-0.2, -0.15) is 11.8 Å². The maximum atomic E-state index is 6.06. The van der Waals surface area contributed by atoms with Gasteiger partial charge in [0.1, 0.15) is 0 Å². The Bertz CT molecular complexity index is 481. The van der Waals surface area contributed by atoms with Crippen LogP contribution in [0.2, 0.25) is 0 Å². The number of nitrogens with zero attached hydrogens (tertiary/aromatic N) is 1. The van der Waals surface area contributed by atoms with Gasteiger partial charge < -0.3 is 15.2 Å². The average molecular weight is 375 g/mol. The molecule has 1 heterocycles. The number of halogens is 1. The first-order valence-corrected chi connectivity index (χ1v) is 8.98. The highest BCUT2D eigenvalue weighted by Crippen LogP contribution is 2.38. The molecular formula is C15H23BrN2O2S. The highest BCUT2D eigenvalue weighted by Gasteiger charge is 2.28. The van der Waals surface area contributed by atoms with Crippen LogP contribution in [0.15, 0.2) is 16.6 Å². The zero-order chi connectivity index (χ0) is 15.4. The molecule has 0 radical (unpaired) electrons. The minimum atomic E-state index is 0.169. The van der Waals surface area contributed by atoms with Gasteiger partial charge in [0.2, 0.25) is 0 Å². The fraction of sp³-hybridized carbons (Fsp3) is 0.600. The lowest BCUT2D eigenvalue weighted by atomic mass is 10.0. The SMILES string of the molecule is COc1cc(Br)c(C(CN)N(C)C2CCSC2)cc1OC.